The average molecular weight is 433 g/mol. The Labute approximate surface area is 189 Å². The molecule has 0 bridgehead atoms. The van der Waals surface area contributed by atoms with Crippen LogP contribution in [0.2, 0.25) is 0 Å². The van der Waals surface area contributed by atoms with E-state index in [0.717, 1.165) is 69.2 Å². The molecule has 1 aromatic rings. The minimum absolute atomic E-state index is 0.0247. The standard InChI is InChI=1S/C25H32N6O/c1-18-6-5-7-20(10-9-19(18)2)23-29-30-24(32-23)25-14-22(31(25)17-25)8-3-4-11-26-15-21-16-27-12-13-28-21/h3,5,7-10,16,18,22,26H,4,6,11-15,17H2,1-2H3. The van der Waals surface area contributed by atoms with Crippen LogP contribution in [0.1, 0.15) is 44.9 Å². The van der Waals surface area contributed by atoms with Crippen molar-refractivity contribution in [3.63, 3.8) is 0 Å². The molecule has 0 aromatic carbocycles. The van der Waals surface area contributed by atoms with Gasteiger partial charge in [-0.2, -0.15) is 0 Å². The van der Waals surface area contributed by atoms with E-state index in [1.807, 2.05) is 6.21 Å². The monoisotopic (exact) mass is 432 g/mol. The fourth-order valence-corrected chi connectivity index (χ4v) is 4.57. The van der Waals surface area contributed by atoms with Crippen molar-refractivity contribution in [3.8, 4) is 0 Å². The third kappa shape index (κ3) is 4.32. The van der Waals surface area contributed by atoms with Crippen molar-refractivity contribution in [2.45, 2.75) is 44.7 Å². The van der Waals surface area contributed by atoms with Crippen molar-refractivity contribution in [2.24, 2.45) is 15.9 Å². The highest BCUT2D eigenvalue weighted by atomic mass is 16.4. The Morgan fingerprint density at radius 3 is 3.06 bits per heavy atom. The van der Waals surface area contributed by atoms with Crippen molar-refractivity contribution < 1.29 is 4.42 Å². The Morgan fingerprint density at radius 2 is 2.22 bits per heavy atom. The van der Waals surface area contributed by atoms with Gasteiger partial charge >= 0.3 is 0 Å². The van der Waals surface area contributed by atoms with Crippen molar-refractivity contribution in [1.29, 1.82) is 0 Å². The van der Waals surface area contributed by atoms with Crippen LogP contribution in [0.25, 0.3) is 5.57 Å². The van der Waals surface area contributed by atoms with Crippen LogP contribution in [0.3, 0.4) is 0 Å². The van der Waals surface area contributed by atoms with Gasteiger partial charge in [0.15, 0.2) is 0 Å². The van der Waals surface area contributed by atoms with Crippen LogP contribution in [0.5, 0.6) is 0 Å². The number of nitrogens with one attached hydrogen (secondary N) is 1. The number of hydrogen-bond donors (Lipinski definition) is 1. The molecule has 4 unspecified atom stereocenters. The third-order valence-corrected chi connectivity index (χ3v) is 6.92. The largest absolute Gasteiger partial charge is 0.419 e. The Morgan fingerprint density at radius 1 is 1.28 bits per heavy atom. The molecule has 0 spiro atoms. The summed E-state index contributed by atoms with van der Waals surface area (Å²) in [7, 11) is 0. The lowest BCUT2D eigenvalue weighted by atomic mass is 9.92. The van der Waals surface area contributed by atoms with Crippen molar-refractivity contribution in [2.75, 3.05) is 32.7 Å². The van der Waals surface area contributed by atoms with E-state index in [-0.39, 0.29) is 5.54 Å². The molecule has 7 nitrogen and oxygen atoms in total. The topological polar surface area (TPSA) is 78.7 Å². The van der Waals surface area contributed by atoms with E-state index in [9.17, 15) is 0 Å². The second kappa shape index (κ2) is 9.08. The van der Waals surface area contributed by atoms with E-state index in [0.29, 0.717) is 17.9 Å². The van der Waals surface area contributed by atoms with Crippen molar-refractivity contribution in [1.82, 2.24) is 20.4 Å². The van der Waals surface area contributed by atoms with Gasteiger partial charge in [0, 0.05) is 30.9 Å². The minimum Gasteiger partial charge on any atom is -0.419 e. The van der Waals surface area contributed by atoms with E-state index in [2.05, 4.69) is 80.7 Å². The van der Waals surface area contributed by atoms with Crippen LogP contribution in [-0.2, 0) is 5.54 Å². The summed E-state index contributed by atoms with van der Waals surface area (Å²) in [5.41, 5.74) is 3.40. The first-order valence-corrected chi connectivity index (χ1v) is 11.7. The summed E-state index contributed by atoms with van der Waals surface area (Å²) < 4.78 is 6.13. The predicted molar refractivity (Wildman–Crippen MR) is 128 cm³/mol. The van der Waals surface area contributed by atoms with E-state index in [1.54, 1.807) is 0 Å². The van der Waals surface area contributed by atoms with Gasteiger partial charge in [0.2, 0.25) is 11.8 Å². The molecule has 1 aromatic heterocycles. The molecular weight excluding hydrogens is 400 g/mol. The van der Waals surface area contributed by atoms with Gasteiger partial charge in [0.1, 0.15) is 5.54 Å². The second-order valence-corrected chi connectivity index (χ2v) is 9.22. The summed E-state index contributed by atoms with van der Waals surface area (Å²) in [6, 6.07) is 0.479. The molecule has 7 heteroatoms. The predicted octanol–water partition coefficient (Wildman–Crippen LogP) is 3.34. The first-order valence-electron chi connectivity index (χ1n) is 11.7. The molecule has 2 fully saturated rings. The lowest BCUT2D eigenvalue weighted by Gasteiger charge is -2.31. The maximum atomic E-state index is 6.13. The fraction of sp³-hybridized carbons (Fsp3) is 0.520. The number of nitrogens with zero attached hydrogens (tertiary/aromatic N) is 5. The molecule has 2 saturated heterocycles. The van der Waals surface area contributed by atoms with E-state index in [1.165, 1.54) is 5.57 Å². The molecule has 1 N–H and O–H groups in total. The van der Waals surface area contributed by atoms with Crippen LogP contribution in [-0.4, -0.2) is 65.8 Å². The molecule has 4 atom stereocenters. The molecule has 4 heterocycles. The molecule has 0 radical (unpaired) electrons. The number of hydrogen-bond acceptors (Lipinski definition) is 7. The van der Waals surface area contributed by atoms with Crippen molar-refractivity contribution in [3.05, 3.63) is 53.8 Å². The van der Waals surface area contributed by atoms with Crippen LogP contribution >= 0.6 is 0 Å². The summed E-state index contributed by atoms with van der Waals surface area (Å²) >= 11 is 0. The lowest BCUT2D eigenvalue weighted by Crippen LogP contribution is -2.39. The quantitative estimate of drug-likeness (QED) is 0.387. The summed E-state index contributed by atoms with van der Waals surface area (Å²) in [5, 5.41) is 12.2. The van der Waals surface area contributed by atoms with Gasteiger partial charge in [-0.15, -0.1) is 10.2 Å². The average Bonchev–Trinajstić information content (AvgIpc) is 3.14. The Kier molecular flexibility index (Phi) is 6.02. The molecule has 5 rings (SSSR count). The highest BCUT2D eigenvalue weighted by Crippen LogP contribution is 2.57. The molecule has 1 aliphatic carbocycles. The van der Waals surface area contributed by atoms with E-state index >= 15 is 0 Å². The highest BCUT2D eigenvalue weighted by Gasteiger charge is 2.68. The van der Waals surface area contributed by atoms with Gasteiger partial charge in [-0.3, -0.25) is 14.9 Å². The molecule has 0 saturated carbocycles. The summed E-state index contributed by atoms with van der Waals surface area (Å²) in [4.78, 5) is 11.1. The van der Waals surface area contributed by atoms with E-state index < -0.39 is 0 Å². The van der Waals surface area contributed by atoms with Gasteiger partial charge in [-0.05, 0) is 44.7 Å². The Hall–Kier alpha value is -2.64. The Bertz CT molecular complexity index is 1030. The zero-order chi connectivity index (χ0) is 22.0. The number of rotatable bonds is 8. The van der Waals surface area contributed by atoms with Crippen LogP contribution < -0.4 is 5.32 Å². The van der Waals surface area contributed by atoms with Gasteiger partial charge in [-0.25, -0.2) is 0 Å². The summed E-state index contributed by atoms with van der Waals surface area (Å²) in [6.45, 7) is 8.82. The molecular formula is C25H32N6O. The van der Waals surface area contributed by atoms with Crippen LogP contribution in [0.15, 0.2) is 56.4 Å². The minimum atomic E-state index is -0.0247. The zero-order valence-corrected chi connectivity index (χ0v) is 19.0. The smallest absolute Gasteiger partial charge is 0.247 e. The molecule has 32 heavy (non-hydrogen) atoms. The highest BCUT2D eigenvalue weighted by molar-refractivity contribution is 6.31. The van der Waals surface area contributed by atoms with Gasteiger partial charge in [0.25, 0.3) is 0 Å². The Balaban J connectivity index is 1.10. The van der Waals surface area contributed by atoms with E-state index in [4.69, 9.17) is 4.42 Å². The second-order valence-electron chi connectivity index (χ2n) is 9.22. The first-order chi connectivity index (χ1) is 15.7. The SMILES string of the molecule is CC1=CC=C(c2nnc(C34CC(C=CCCNCC5=NCCN=C5)N3C4)o2)C=CCC1C. The maximum Gasteiger partial charge on any atom is 0.247 e. The molecule has 168 valence electrons. The van der Waals surface area contributed by atoms with Gasteiger partial charge < -0.3 is 9.73 Å². The fourth-order valence-electron chi connectivity index (χ4n) is 4.57. The third-order valence-electron chi connectivity index (χ3n) is 6.92. The van der Waals surface area contributed by atoms with Crippen molar-refractivity contribution >= 4 is 17.5 Å². The summed E-state index contributed by atoms with van der Waals surface area (Å²) in [5.74, 6) is 1.95. The first kappa shape index (κ1) is 21.2. The number of aliphatic imine (C=N–C) groups is 2. The number of allylic oxidation sites excluding steroid dienone is 6. The van der Waals surface area contributed by atoms with Crippen LogP contribution in [0, 0.1) is 5.92 Å². The molecule has 3 aliphatic heterocycles. The normalized spacial score (nSPS) is 31.3. The number of fused-ring (bicyclic) bond motifs is 1. The lowest BCUT2D eigenvalue weighted by molar-refractivity contribution is 0.174. The summed E-state index contributed by atoms with van der Waals surface area (Å²) in [6.07, 6.45) is 18.1. The van der Waals surface area contributed by atoms with Gasteiger partial charge in [0.05, 0.1) is 18.8 Å². The van der Waals surface area contributed by atoms with Crippen LogP contribution in [0.4, 0.5) is 0 Å². The molecule has 0 amide bonds. The van der Waals surface area contributed by atoms with Gasteiger partial charge in [-0.1, -0.05) is 42.9 Å². The maximum absolute atomic E-state index is 6.13. The molecule has 4 aliphatic rings. The zero-order valence-electron chi connectivity index (χ0n) is 19.0. The number of aromatic nitrogens is 2.